The molecule has 0 atom stereocenters. The lowest BCUT2D eigenvalue weighted by atomic mass is 10.2. The Morgan fingerprint density at radius 3 is 2.29 bits per heavy atom. The monoisotopic (exact) mass is 439 g/mol. The van der Waals surface area contributed by atoms with Gasteiger partial charge in [0.25, 0.3) is 5.91 Å². The predicted molar refractivity (Wildman–Crippen MR) is 101 cm³/mol. The van der Waals surface area contributed by atoms with Gasteiger partial charge >= 0.3 is 6.03 Å². The number of amides is 3. The van der Waals surface area contributed by atoms with Crippen molar-refractivity contribution in [3.63, 3.8) is 0 Å². The fraction of sp³-hybridized carbons (Fsp3) is 0.0588. The van der Waals surface area contributed by atoms with Gasteiger partial charge in [-0.15, -0.1) is 6.58 Å². The van der Waals surface area contributed by atoms with Gasteiger partial charge in [-0.05, 0) is 65.1 Å². The molecule has 2 rings (SSSR count). The van der Waals surface area contributed by atoms with E-state index in [4.69, 9.17) is 0 Å². The highest BCUT2D eigenvalue weighted by Crippen LogP contribution is 2.18. The van der Waals surface area contributed by atoms with Gasteiger partial charge in [0.2, 0.25) is 0 Å². The Bertz CT molecular complexity index is 763. The van der Waals surface area contributed by atoms with Crippen molar-refractivity contribution in [2.45, 2.75) is 0 Å². The van der Waals surface area contributed by atoms with E-state index in [9.17, 15) is 14.0 Å². The van der Waals surface area contributed by atoms with Crippen molar-refractivity contribution in [3.05, 3.63) is 70.1 Å². The summed E-state index contributed by atoms with van der Waals surface area (Å²) in [5.74, 6) is -0.718. The molecule has 5 nitrogen and oxygen atoms in total. The van der Waals surface area contributed by atoms with Crippen LogP contribution in [0.15, 0.2) is 55.1 Å². The van der Waals surface area contributed by atoms with Gasteiger partial charge in [0, 0.05) is 21.5 Å². The van der Waals surface area contributed by atoms with Gasteiger partial charge in [-0.1, -0.05) is 6.08 Å². The van der Waals surface area contributed by atoms with Gasteiger partial charge in [0.1, 0.15) is 5.82 Å². The standard InChI is InChI=1S/C17H15FIN3O2/c1-2-9-20-17(24)22-13-6-4-12(5-7-13)21-16(23)14-8-3-11(18)10-15(14)19/h2-8,10H,1,9H2,(H,21,23)(H2,20,22,24). The average Bonchev–Trinajstić information content (AvgIpc) is 2.54. The second kappa shape index (κ2) is 8.44. The van der Waals surface area contributed by atoms with Crippen LogP contribution < -0.4 is 16.0 Å². The quantitative estimate of drug-likeness (QED) is 0.487. The molecule has 0 spiro atoms. The number of urea groups is 1. The number of hydrogen-bond acceptors (Lipinski definition) is 2. The van der Waals surface area contributed by atoms with Crippen LogP contribution in [-0.4, -0.2) is 18.5 Å². The molecular weight excluding hydrogens is 424 g/mol. The van der Waals surface area contributed by atoms with Gasteiger partial charge in [-0.3, -0.25) is 4.79 Å². The van der Waals surface area contributed by atoms with Gasteiger partial charge < -0.3 is 16.0 Å². The first-order chi connectivity index (χ1) is 11.5. The maximum Gasteiger partial charge on any atom is 0.319 e. The first-order valence-electron chi connectivity index (χ1n) is 7.02. The summed E-state index contributed by atoms with van der Waals surface area (Å²) in [6.45, 7) is 3.88. The molecule has 7 heteroatoms. The van der Waals surface area contributed by atoms with Gasteiger partial charge in [-0.2, -0.15) is 0 Å². The van der Waals surface area contributed by atoms with Crippen molar-refractivity contribution >= 4 is 45.9 Å². The Kier molecular flexibility index (Phi) is 6.30. The Hall–Kier alpha value is -2.42. The summed E-state index contributed by atoms with van der Waals surface area (Å²) in [6, 6.07) is 10.3. The van der Waals surface area contributed by atoms with Crippen LogP contribution in [-0.2, 0) is 0 Å². The molecule has 0 aliphatic carbocycles. The van der Waals surface area contributed by atoms with Crippen molar-refractivity contribution in [2.75, 3.05) is 17.2 Å². The summed E-state index contributed by atoms with van der Waals surface area (Å²) in [7, 11) is 0. The van der Waals surface area contributed by atoms with Gasteiger partial charge in [-0.25, -0.2) is 9.18 Å². The van der Waals surface area contributed by atoms with E-state index in [1.165, 1.54) is 18.2 Å². The van der Waals surface area contributed by atoms with E-state index in [0.29, 0.717) is 27.1 Å². The molecule has 0 unspecified atom stereocenters. The van der Waals surface area contributed by atoms with E-state index in [-0.39, 0.29) is 17.8 Å². The highest BCUT2D eigenvalue weighted by molar-refractivity contribution is 14.1. The zero-order chi connectivity index (χ0) is 17.5. The molecule has 0 saturated carbocycles. The van der Waals surface area contributed by atoms with E-state index in [0.717, 1.165) is 0 Å². The number of nitrogens with one attached hydrogen (secondary N) is 3. The molecule has 2 aromatic carbocycles. The van der Waals surface area contributed by atoms with Crippen LogP contribution in [0, 0.1) is 9.39 Å². The second-order valence-electron chi connectivity index (χ2n) is 4.78. The Balaban J connectivity index is 1.99. The number of hydrogen-bond donors (Lipinski definition) is 3. The fourth-order valence-corrected chi connectivity index (χ4v) is 2.57. The van der Waals surface area contributed by atoms with Crippen molar-refractivity contribution in [1.82, 2.24) is 5.32 Å². The maximum atomic E-state index is 13.1. The van der Waals surface area contributed by atoms with Crippen LogP contribution in [0.1, 0.15) is 10.4 Å². The Labute approximate surface area is 152 Å². The molecule has 0 aliphatic rings. The minimum Gasteiger partial charge on any atom is -0.334 e. The first-order valence-corrected chi connectivity index (χ1v) is 8.09. The average molecular weight is 439 g/mol. The molecule has 2 aromatic rings. The third kappa shape index (κ3) is 5.05. The highest BCUT2D eigenvalue weighted by atomic mass is 127. The lowest BCUT2D eigenvalue weighted by molar-refractivity contribution is 0.102. The smallest absolute Gasteiger partial charge is 0.319 e. The molecule has 24 heavy (non-hydrogen) atoms. The number of carbonyl (C=O) groups excluding carboxylic acids is 2. The zero-order valence-corrected chi connectivity index (χ0v) is 14.8. The number of benzene rings is 2. The topological polar surface area (TPSA) is 70.2 Å². The third-order valence-electron chi connectivity index (χ3n) is 2.98. The molecule has 0 aliphatic heterocycles. The van der Waals surface area contributed by atoms with Crippen LogP contribution in [0.5, 0.6) is 0 Å². The largest absolute Gasteiger partial charge is 0.334 e. The SMILES string of the molecule is C=CCNC(=O)Nc1ccc(NC(=O)c2ccc(F)cc2I)cc1. The summed E-state index contributed by atoms with van der Waals surface area (Å²) in [4.78, 5) is 23.7. The molecule has 3 amide bonds. The van der Waals surface area contributed by atoms with Crippen molar-refractivity contribution in [2.24, 2.45) is 0 Å². The van der Waals surface area contributed by atoms with Crippen molar-refractivity contribution in [1.29, 1.82) is 0 Å². The van der Waals surface area contributed by atoms with Crippen LogP contribution in [0.3, 0.4) is 0 Å². The zero-order valence-electron chi connectivity index (χ0n) is 12.6. The molecule has 0 fully saturated rings. The van der Waals surface area contributed by atoms with E-state index in [1.807, 2.05) is 22.6 Å². The minimum atomic E-state index is -0.388. The number of rotatable bonds is 5. The lowest BCUT2D eigenvalue weighted by Gasteiger charge is -2.09. The molecular formula is C17H15FIN3O2. The van der Waals surface area contributed by atoms with Crippen LogP contribution in [0.25, 0.3) is 0 Å². The van der Waals surface area contributed by atoms with E-state index >= 15 is 0 Å². The van der Waals surface area contributed by atoms with Gasteiger partial charge in [0.15, 0.2) is 0 Å². The first kappa shape index (κ1) is 17.9. The Morgan fingerprint density at radius 1 is 1.08 bits per heavy atom. The summed E-state index contributed by atoms with van der Waals surface area (Å²) in [6.07, 6.45) is 1.58. The molecule has 0 saturated heterocycles. The normalized spacial score (nSPS) is 9.92. The van der Waals surface area contributed by atoms with Gasteiger partial charge in [0.05, 0.1) is 5.56 Å². The molecule has 3 N–H and O–H groups in total. The minimum absolute atomic E-state index is 0.330. The number of carbonyl (C=O) groups is 2. The molecule has 0 bridgehead atoms. The number of halogens is 2. The van der Waals surface area contributed by atoms with E-state index < -0.39 is 0 Å². The summed E-state index contributed by atoms with van der Waals surface area (Å²) in [5.41, 5.74) is 1.55. The third-order valence-corrected chi connectivity index (χ3v) is 3.88. The molecule has 0 aromatic heterocycles. The van der Waals surface area contributed by atoms with Crippen molar-refractivity contribution < 1.29 is 14.0 Å². The second-order valence-corrected chi connectivity index (χ2v) is 5.94. The van der Waals surface area contributed by atoms with Crippen LogP contribution >= 0.6 is 22.6 Å². The predicted octanol–water partition coefficient (Wildman–Crippen LogP) is 3.99. The molecule has 124 valence electrons. The van der Waals surface area contributed by atoms with Crippen molar-refractivity contribution in [3.8, 4) is 0 Å². The lowest BCUT2D eigenvalue weighted by Crippen LogP contribution is -2.28. The molecule has 0 radical (unpaired) electrons. The molecule has 0 heterocycles. The summed E-state index contributed by atoms with van der Waals surface area (Å²) >= 11 is 1.91. The maximum absolute atomic E-state index is 13.1. The van der Waals surface area contributed by atoms with E-state index in [2.05, 4.69) is 22.5 Å². The van der Waals surface area contributed by atoms with Crippen LogP contribution in [0.2, 0.25) is 0 Å². The van der Waals surface area contributed by atoms with E-state index in [1.54, 1.807) is 30.3 Å². The number of anilines is 2. The van der Waals surface area contributed by atoms with Crippen LogP contribution in [0.4, 0.5) is 20.6 Å². The Morgan fingerprint density at radius 2 is 1.71 bits per heavy atom. The highest BCUT2D eigenvalue weighted by Gasteiger charge is 2.11. The fourth-order valence-electron chi connectivity index (χ4n) is 1.85. The summed E-state index contributed by atoms with van der Waals surface area (Å²) < 4.78 is 13.6. The summed E-state index contributed by atoms with van der Waals surface area (Å²) in [5, 5.41) is 7.97.